The highest BCUT2D eigenvalue weighted by molar-refractivity contribution is 7.92. The number of sulfonamides is 1. The first kappa shape index (κ1) is 19.1. The zero-order chi connectivity index (χ0) is 18.6. The molecule has 0 saturated heterocycles. The fourth-order valence-corrected chi connectivity index (χ4v) is 4.81. The Morgan fingerprint density at radius 2 is 2.23 bits per heavy atom. The number of anilines is 2. The lowest BCUT2D eigenvalue weighted by Gasteiger charge is -2.29. The van der Waals surface area contributed by atoms with Crippen LogP contribution in [-0.4, -0.2) is 46.0 Å². The van der Waals surface area contributed by atoms with E-state index in [1.807, 2.05) is 24.4 Å². The van der Waals surface area contributed by atoms with Crippen LogP contribution in [0.4, 0.5) is 10.8 Å². The second kappa shape index (κ2) is 8.37. The number of aromatic nitrogens is 1. The van der Waals surface area contributed by atoms with Crippen LogP contribution in [-0.2, 0) is 21.2 Å². The number of aryl methyl sites for hydroxylation is 1. The van der Waals surface area contributed by atoms with Crippen molar-refractivity contribution in [2.24, 2.45) is 0 Å². The van der Waals surface area contributed by atoms with Crippen molar-refractivity contribution >= 4 is 32.2 Å². The van der Waals surface area contributed by atoms with Crippen LogP contribution in [0.15, 0.2) is 23.6 Å². The van der Waals surface area contributed by atoms with Gasteiger partial charge in [-0.05, 0) is 43.9 Å². The first-order valence-corrected chi connectivity index (χ1v) is 11.6. The number of nitrogens with one attached hydrogen (secondary N) is 1. The number of ether oxygens (including phenoxy) is 1. The Morgan fingerprint density at radius 1 is 1.38 bits per heavy atom. The van der Waals surface area contributed by atoms with Crippen LogP contribution in [0.1, 0.15) is 25.3 Å². The van der Waals surface area contributed by atoms with Crippen molar-refractivity contribution in [2.75, 3.05) is 42.2 Å². The lowest BCUT2D eigenvalue weighted by molar-refractivity contribution is 0.147. The van der Waals surface area contributed by atoms with E-state index in [-0.39, 0.29) is 0 Å². The number of thiazole rings is 1. The number of hydrogen-bond acceptors (Lipinski definition) is 6. The number of benzene rings is 1. The number of rotatable bonds is 8. The molecule has 6 nitrogen and oxygen atoms in total. The second-order valence-corrected chi connectivity index (χ2v) is 9.06. The molecule has 0 unspecified atom stereocenters. The molecule has 0 bridgehead atoms. The van der Waals surface area contributed by atoms with Gasteiger partial charge in [0.05, 0.1) is 17.6 Å². The first-order valence-electron chi connectivity index (χ1n) is 8.87. The van der Waals surface area contributed by atoms with Crippen molar-refractivity contribution in [3.05, 3.63) is 29.1 Å². The van der Waals surface area contributed by atoms with Crippen molar-refractivity contribution in [2.45, 2.75) is 26.2 Å². The van der Waals surface area contributed by atoms with E-state index in [1.165, 1.54) is 10.6 Å². The summed E-state index contributed by atoms with van der Waals surface area (Å²) in [6.45, 7) is 4.88. The number of fused-ring (bicyclic) bond motifs is 1. The summed E-state index contributed by atoms with van der Waals surface area (Å²) < 4.78 is 30.8. The van der Waals surface area contributed by atoms with Crippen molar-refractivity contribution in [1.82, 2.24) is 4.98 Å². The highest BCUT2D eigenvalue weighted by Gasteiger charge is 2.24. The van der Waals surface area contributed by atoms with E-state index < -0.39 is 10.0 Å². The summed E-state index contributed by atoms with van der Waals surface area (Å²) >= 11 is 1.58. The zero-order valence-electron chi connectivity index (χ0n) is 15.2. The Bertz CT molecular complexity index is 849. The van der Waals surface area contributed by atoms with Crippen LogP contribution in [0.25, 0.3) is 11.3 Å². The summed E-state index contributed by atoms with van der Waals surface area (Å²) in [6.07, 6.45) is 3.94. The molecule has 0 spiro atoms. The fraction of sp³-hybridized carbons (Fsp3) is 0.500. The summed E-state index contributed by atoms with van der Waals surface area (Å²) in [5.74, 6) is 0. The molecule has 0 atom stereocenters. The molecule has 0 amide bonds. The Labute approximate surface area is 159 Å². The Kier molecular flexibility index (Phi) is 6.16. The molecule has 0 fully saturated rings. The van der Waals surface area contributed by atoms with E-state index in [4.69, 9.17) is 4.74 Å². The van der Waals surface area contributed by atoms with Crippen molar-refractivity contribution in [3.8, 4) is 11.3 Å². The minimum Gasteiger partial charge on any atom is -0.382 e. The van der Waals surface area contributed by atoms with Gasteiger partial charge in [0, 0.05) is 37.2 Å². The third kappa shape index (κ3) is 4.55. The van der Waals surface area contributed by atoms with E-state index in [0.29, 0.717) is 6.54 Å². The summed E-state index contributed by atoms with van der Waals surface area (Å²) in [4.78, 5) is 4.65. The smallest absolute Gasteiger partial charge is 0.232 e. The van der Waals surface area contributed by atoms with Crippen LogP contribution in [0, 0.1) is 0 Å². The topological polar surface area (TPSA) is 71.5 Å². The average molecular weight is 396 g/mol. The van der Waals surface area contributed by atoms with E-state index in [9.17, 15) is 8.42 Å². The van der Waals surface area contributed by atoms with Gasteiger partial charge in [-0.3, -0.25) is 4.31 Å². The number of hydrogen-bond donors (Lipinski definition) is 1. The minimum absolute atomic E-state index is 0.553. The summed E-state index contributed by atoms with van der Waals surface area (Å²) in [7, 11) is -3.23. The predicted octanol–water partition coefficient (Wildman–Crippen LogP) is 3.36. The average Bonchev–Trinajstić information content (AvgIpc) is 3.08. The molecule has 8 heteroatoms. The molecule has 3 rings (SSSR count). The van der Waals surface area contributed by atoms with Crippen molar-refractivity contribution in [1.29, 1.82) is 0 Å². The van der Waals surface area contributed by atoms with E-state index in [0.717, 1.165) is 66.7 Å². The maximum absolute atomic E-state index is 12.0. The van der Waals surface area contributed by atoms with Gasteiger partial charge >= 0.3 is 0 Å². The van der Waals surface area contributed by atoms with Gasteiger partial charge in [-0.15, -0.1) is 11.3 Å². The highest BCUT2D eigenvalue weighted by Crippen LogP contribution is 2.33. The molecule has 1 aromatic heterocycles. The molecule has 26 heavy (non-hydrogen) atoms. The SMILES string of the molecule is CCOCCCNc1nc(-c2ccc3c(c2)CCCN3S(C)(=O)=O)cs1. The summed E-state index contributed by atoms with van der Waals surface area (Å²) in [5, 5.41) is 6.25. The van der Waals surface area contributed by atoms with Gasteiger partial charge < -0.3 is 10.1 Å². The molecular formula is C18H25N3O3S2. The van der Waals surface area contributed by atoms with Crippen LogP contribution >= 0.6 is 11.3 Å². The van der Waals surface area contributed by atoms with Crippen LogP contribution in [0.2, 0.25) is 0 Å². The normalized spacial score (nSPS) is 14.3. The molecule has 0 radical (unpaired) electrons. The molecule has 1 aliphatic rings. The Hall–Kier alpha value is -1.64. The molecule has 0 aliphatic carbocycles. The third-order valence-corrected chi connectivity index (χ3v) is 6.28. The van der Waals surface area contributed by atoms with Gasteiger partial charge in [-0.25, -0.2) is 13.4 Å². The molecule has 2 aromatic rings. The van der Waals surface area contributed by atoms with Gasteiger partial charge in [-0.2, -0.15) is 0 Å². The molecule has 0 saturated carbocycles. The first-order chi connectivity index (χ1) is 12.5. The molecule has 1 N–H and O–H groups in total. The van der Waals surface area contributed by atoms with E-state index in [2.05, 4.69) is 16.4 Å². The molecule has 1 aliphatic heterocycles. The lowest BCUT2D eigenvalue weighted by Crippen LogP contribution is -2.34. The molecule has 1 aromatic carbocycles. The van der Waals surface area contributed by atoms with Crippen molar-refractivity contribution < 1.29 is 13.2 Å². The Morgan fingerprint density at radius 3 is 3.00 bits per heavy atom. The van der Waals surface area contributed by atoms with Crippen molar-refractivity contribution in [3.63, 3.8) is 0 Å². The quantitative estimate of drug-likeness (QED) is 0.694. The van der Waals surface area contributed by atoms with Gasteiger partial charge in [0.25, 0.3) is 0 Å². The number of nitrogens with zero attached hydrogens (tertiary/aromatic N) is 2. The zero-order valence-corrected chi connectivity index (χ0v) is 16.8. The monoisotopic (exact) mass is 395 g/mol. The van der Waals surface area contributed by atoms with Crippen LogP contribution in [0.3, 0.4) is 0 Å². The maximum atomic E-state index is 12.0. The lowest BCUT2D eigenvalue weighted by atomic mass is 10.00. The van der Waals surface area contributed by atoms with Gasteiger partial charge in [-0.1, -0.05) is 6.07 Å². The third-order valence-electron chi connectivity index (χ3n) is 4.30. The molecule has 142 valence electrons. The summed E-state index contributed by atoms with van der Waals surface area (Å²) in [6, 6.07) is 5.93. The summed E-state index contributed by atoms with van der Waals surface area (Å²) in [5.41, 5.74) is 3.81. The highest BCUT2D eigenvalue weighted by atomic mass is 32.2. The van der Waals surface area contributed by atoms with E-state index in [1.54, 1.807) is 11.3 Å². The van der Waals surface area contributed by atoms with Gasteiger partial charge in [0.2, 0.25) is 10.0 Å². The van der Waals surface area contributed by atoms with E-state index >= 15 is 0 Å². The largest absolute Gasteiger partial charge is 0.382 e. The maximum Gasteiger partial charge on any atom is 0.232 e. The predicted molar refractivity (Wildman–Crippen MR) is 108 cm³/mol. The molecular weight excluding hydrogens is 370 g/mol. The van der Waals surface area contributed by atoms with Gasteiger partial charge in [0.15, 0.2) is 5.13 Å². The minimum atomic E-state index is -3.23. The Balaban J connectivity index is 1.71. The standard InChI is InChI=1S/C18H25N3O3S2/c1-3-24-11-5-9-19-18-20-16(13-25-18)14-7-8-17-15(12-14)6-4-10-21(17)26(2,22)23/h7-8,12-13H,3-6,9-11H2,1-2H3,(H,19,20). The van der Waals surface area contributed by atoms with Gasteiger partial charge in [0.1, 0.15) is 0 Å². The van der Waals surface area contributed by atoms with Crippen LogP contribution in [0.5, 0.6) is 0 Å². The second-order valence-electron chi connectivity index (χ2n) is 6.30. The fourth-order valence-electron chi connectivity index (χ4n) is 3.07. The van der Waals surface area contributed by atoms with Crippen LogP contribution < -0.4 is 9.62 Å². The molecule has 2 heterocycles.